The summed E-state index contributed by atoms with van der Waals surface area (Å²) < 4.78 is 5.95. The molecule has 2 heterocycles. The molecule has 2 aliphatic heterocycles. The van der Waals surface area contributed by atoms with Gasteiger partial charge in [0.15, 0.2) is 5.96 Å². The van der Waals surface area contributed by atoms with Gasteiger partial charge in [0, 0.05) is 48.5 Å². The first kappa shape index (κ1) is 23.1. The molecule has 1 aromatic carbocycles. The Bertz CT molecular complexity index is 631. The van der Waals surface area contributed by atoms with Crippen molar-refractivity contribution in [3.05, 3.63) is 34.9 Å². The molecule has 0 aromatic heterocycles. The molecule has 0 spiro atoms. The van der Waals surface area contributed by atoms with Crippen molar-refractivity contribution in [2.24, 2.45) is 4.99 Å². The van der Waals surface area contributed by atoms with Crippen LogP contribution in [0.25, 0.3) is 0 Å². The number of aliphatic imine (C=N–C) groups is 1. The number of nitrogens with one attached hydrogen (secondary N) is 2. The van der Waals surface area contributed by atoms with Crippen LogP contribution in [0.4, 0.5) is 0 Å². The summed E-state index contributed by atoms with van der Waals surface area (Å²) in [6, 6.07) is 8.26. The lowest BCUT2D eigenvalue weighted by atomic mass is 9.74. The molecule has 1 aromatic rings. The van der Waals surface area contributed by atoms with Crippen LogP contribution in [0.1, 0.15) is 38.2 Å². The maximum atomic E-state index is 6.26. The van der Waals surface area contributed by atoms with Crippen LogP contribution in [0.5, 0.6) is 0 Å². The van der Waals surface area contributed by atoms with Crippen LogP contribution in [0.2, 0.25) is 5.02 Å². The van der Waals surface area contributed by atoms with E-state index in [0.29, 0.717) is 4.75 Å². The van der Waals surface area contributed by atoms with Crippen LogP contribution in [0.15, 0.2) is 29.3 Å². The molecule has 3 rings (SSSR count). The minimum Gasteiger partial charge on any atom is -0.381 e. The van der Waals surface area contributed by atoms with E-state index in [0.717, 1.165) is 50.1 Å². The molecule has 2 saturated heterocycles. The van der Waals surface area contributed by atoms with Gasteiger partial charge in [-0.1, -0.05) is 23.7 Å². The van der Waals surface area contributed by atoms with Crippen molar-refractivity contribution in [1.82, 2.24) is 10.6 Å². The second-order valence-corrected chi connectivity index (χ2v) is 9.70. The first-order valence-corrected chi connectivity index (χ1v) is 10.8. The van der Waals surface area contributed by atoms with Crippen LogP contribution in [-0.4, -0.2) is 49.8 Å². The summed E-state index contributed by atoms with van der Waals surface area (Å²) >= 11 is 8.33. The van der Waals surface area contributed by atoms with E-state index in [9.17, 15) is 0 Å². The molecule has 7 heteroatoms. The van der Waals surface area contributed by atoms with Gasteiger partial charge in [-0.05, 0) is 56.1 Å². The molecule has 2 fully saturated rings. The highest BCUT2D eigenvalue weighted by atomic mass is 127. The second-order valence-electron chi connectivity index (χ2n) is 7.58. The highest BCUT2D eigenvalue weighted by molar-refractivity contribution is 14.0. The van der Waals surface area contributed by atoms with E-state index in [1.807, 2.05) is 19.2 Å². The molecular weight excluding hydrogens is 493 g/mol. The largest absolute Gasteiger partial charge is 0.381 e. The predicted molar refractivity (Wildman–Crippen MR) is 128 cm³/mol. The average Bonchev–Trinajstić information content (AvgIpc) is 3.09. The van der Waals surface area contributed by atoms with Crippen LogP contribution < -0.4 is 10.6 Å². The van der Waals surface area contributed by atoms with Crippen molar-refractivity contribution < 1.29 is 4.74 Å². The summed E-state index contributed by atoms with van der Waals surface area (Å²) in [5.41, 5.74) is 1.32. The smallest absolute Gasteiger partial charge is 0.191 e. The van der Waals surface area contributed by atoms with Gasteiger partial charge >= 0.3 is 0 Å². The van der Waals surface area contributed by atoms with Gasteiger partial charge in [-0.2, -0.15) is 11.8 Å². The van der Waals surface area contributed by atoms with Gasteiger partial charge < -0.3 is 15.4 Å². The van der Waals surface area contributed by atoms with Crippen molar-refractivity contribution in [2.45, 2.75) is 42.8 Å². The normalized spacial score (nSPS) is 24.9. The fraction of sp³-hybridized carbons (Fsp3) is 0.650. The molecule has 0 bridgehead atoms. The molecule has 0 amide bonds. The number of hydrogen-bond acceptors (Lipinski definition) is 3. The molecule has 0 radical (unpaired) electrons. The van der Waals surface area contributed by atoms with E-state index >= 15 is 0 Å². The molecule has 1 atom stereocenters. The maximum Gasteiger partial charge on any atom is 0.191 e. The summed E-state index contributed by atoms with van der Waals surface area (Å²) in [4.78, 5) is 4.43. The summed E-state index contributed by atoms with van der Waals surface area (Å²) in [6.07, 6.45) is 4.56. The van der Waals surface area contributed by atoms with Gasteiger partial charge in [0.1, 0.15) is 0 Å². The molecule has 2 N–H and O–H groups in total. The first-order valence-electron chi connectivity index (χ1n) is 9.48. The van der Waals surface area contributed by atoms with Crippen molar-refractivity contribution >= 4 is 53.3 Å². The van der Waals surface area contributed by atoms with E-state index in [-0.39, 0.29) is 29.4 Å². The summed E-state index contributed by atoms with van der Waals surface area (Å²) in [6.45, 7) is 5.70. The number of benzene rings is 1. The molecule has 152 valence electrons. The number of hydrogen-bond donors (Lipinski definition) is 2. The fourth-order valence-electron chi connectivity index (χ4n) is 3.87. The molecular formula is C20H31ClIN3OS. The van der Waals surface area contributed by atoms with Gasteiger partial charge in [-0.15, -0.1) is 24.0 Å². The minimum atomic E-state index is 0. The Morgan fingerprint density at radius 2 is 1.96 bits per heavy atom. The van der Waals surface area contributed by atoms with Crippen molar-refractivity contribution in [1.29, 1.82) is 0 Å². The SMILES string of the molecule is CN=C(NCC1(C)CCCS1)NCC1(c2cccc(Cl)c2)CCOCC1.I. The summed E-state index contributed by atoms with van der Waals surface area (Å²) in [5.74, 6) is 2.15. The highest BCUT2D eigenvalue weighted by Gasteiger charge is 2.35. The first-order chi connectivity index (χ1) is 12.6. The number of thioether (sulfide) groups is 1. The van der Waals surface area contributed by atoms with Crippen molar-refractivity contribution in [3.8, 4) is 0 Å². The van der Waals surface area contributed by atoms with Crippen LogP contribution in [0.3, 0.4) is 0 Å². The van der Waals surface area contributed by atoms with Crippen molar-refractivity contribution in [2.75, 3.05) is 39.1 Å². The molecule has 0 saturated carbocycles. The van der Waals surface area contributed by atoms with E-state index < -0.39 is 0 Å². The van der Waals surface area contributed by atoms with Crippen LogP contribution in [0, 0.1) is 0 Å². The van der Waals surface area contributed by atoms with Gasteiger partial charge in [0.2, 0.25) is 0 Å². The Hall–Kier alpha value is -0.180. The van der Waals surface area contributed by atoms with Crippen molar-refractivity contribution in [3.63, 3.8) is 0 Å². The zero-order chi connectivity index (χ0) is 18.5. The molecule has 27 heavy (non-hydrogen) atoms. The third-order valence-corrected chi connectivity index (χ3v) is 7.41. The lowest BCUT2D eigenvalue weighted by molar-refractivity contribution is 0.0514. The number of guanidine groups is 1. The zero-order valence-electron chi connectivity index (χ0n) is 16.2. The van der Waals surface area contributed by atoms with Gasteiger partial charge in [-0.3, -0.25) is 4.99 Å². The Labute approximate surface area is 189 Å². The molecule has 4 nitrogen and oxygen atoms in total. The van der Waals surface area contributed by atoms with Crippen LogP contribution in [-0.2, 0) is 10.2 Å². The van der Waals surface area contributed by atoms with E-state index in [1.54, 1.807) is 0 Å². The third kappa shape index (κ3) is 6.15. The monoisotopic (exact) mass is 523 g/mol. The van der Waals surface area contributed by atoms with Gasteiger partial charge in [0.25, 0.3) is 0 Å². The van der Waals surface area contributed by atoms with Gasteiger partial charge in [-0.25, -0.2) is 0 Å². The van der Waals surface area contributed by atoms with Crippen LogP contribution >= 0.6 is 47.3 Å². The lowest BCUT2D eigenvalue weighted by Gasteiger charge is -2.38. The summed E-state index contributed by atoms with van der Waals surface area (Å²) in [5, 5.41) is 7.90. The Morgan fingerprint density at radius 3 is 2.59 bits per heavy atom. The topological polar surface area (TPSA) is 45.7 Å². The maximum absolute atomic E-state index is 6.26. The average molecular weight is 524 g/mol. The van der Waals surface area contributed by atoms with E-state index in [4.69, 9.17) is 16.3 Å². The number of nitrogens with zero attached hydrogens (tertiary/aromatic N) is 1. The molecule has 2 aliphatic rings. The minimum absolute atomic E-state index is 0. The third-order valence-electron chi connectivity index (χ3n) is 5.63. The standard InChI is InChI=1S/C20H30ClN3OS.HI/c1-19(7-4-12-26-19)14-23-18(22-2)24-15-20(8-10-25-11-9-20)16-5-3-6-17(21)13-16;/h3,5-6,13H,4,7-12,14-15H2,1-2H3,(H2,22,23,24);1H. The highest BCUT2D eigenvalue weighted by Crippen LogP contribution is 2.37. The second kappa shape index (κ2) is 10.6. The fourth-order valence-corrected chi connectivity index (χ4v) is 5.30. The van der Waals surface area contributed by atoms with E-state index in [2.05, 4.69) is 46.4 Å². The van der Waals surface area contributed by atoms with Gasteiger partial charge in [0.05, 0.1) is 0 Å². The lowest BCUT2D eigenvalue weighted by Crippen LogP contribution is -2.50. The summed E-state index contributed by atoms with van der Waals surface area (Å²) in [7, 11) is 1.84. The predicted octanol–water partition coefficient (Wildman–Crippen LogP) is 4.46. The van der Waals surface area contributed by atoms with E-state index in [1.165, 1.54) is 24.2 Å². The number of ether oxygens (including phenoxy) is 1. The Kier molecular flexibility index (Phi) is 9.03. The number of rotatable bonds is 5. The molecule has 0 aliphatic carbocycles. The molecule has 1 unspecified atom stereocenters. The Morgan fingerprint density at radius 1 is 1.22 bits per heavy atom. The quantitative estimate of drug-likeness (QED) is 0.340. The number of halogens is 2. The Balaban J connectivity index is 0.00000261. The zero-order valence-corrected chi connectivity index (χ0v) is 20.1.